The lowest BCUT2D eigenvalue weighted by molar-refractivity contribution is -0.122. The largest absolute Gasteiger partial charge is 0.493 e. The van der Waals surface area contributed by atoms with Gasteiger partial charge in [-0.05, 0) is 6.07 Å². The Morgan fingerprint density at radius 2 is 1.92 bits per heavy atom. The van der Waals surface area contributed by atoms with Crippen LogP contribution in [-0.4, -0.2) is 22.7 Å². The summed E-state index contributed by atoms with van der Waals surface area (Å²) in [6, 6.07) is 17.4. The van der Waals surface area contributed by atoms with E-state index in [1.165, 1.54) is 0 Å². The highest BCUT2D eigenvalue weighted by molar-refractivity contribution is 5.76. The fourth-order valence-corrected chi connectivity index (χ4v) is 3.04. The minimum Gasteiger partial charge on any atom is -0.493 e. The molecular weight excluding hydrogens is 330 g/mol. The summed E-state index contributed by atoms with van der Waals surface area (Å²) in [5, 5.41) is 7.05. The molecule has 2 aromatic carbocycles. The Labute approximate surface area is 151 Å². The molecular formula is C20H19N3O3. The summed E-state index contributed by atoms with van der Waals surface area (Å²) in [6.07, 6.45) is 1.48. The molecule has 0 saturated carbocycles. The van der Waals surface area contributed by atoms with Gasteiger partial charge >= 0.3 is 0 Å². The predicted octanol–water partition coefficient (Wildman–Crippen LogP) is 3.31. The fourth-order valence-electron chi connectivity index (χ4n) is 3.04. The highest BCUT2D eigenvalue weighted by Crippen LogP contribution is 2.31. The van der Waals surface area contributed by atoms with E-state index in [0.717, 1.165) is 23.3 Å². The Morgan fingerprint density at radius 3 is 2.81 bits per heavy atom. The molecule has 0 unspecified atom stereocenters. The minimum atomic E-state index is -0.0360. The van der Waals surface area contributed by atoms with Crippen LogP contribution >= 0.6 is 0 Å². The maximum atomic E-state index is 12.3. The van der Waals surface area contributed by atoms with Crippen LogP contribution in [0.15, 0.2) is 59.1 Å². The lowest BCUT2D eigenvalue weighted by atomic mass is 10.0. The van der Waals surface area contributed by atoms with Gasteiger partial charge in [-0.15, -0.1) is 0 Å². The number of rotatable bonds is 5. The molecule has 1 aromatic heterocycles. The van der Waals surface area contributed by atoms with Gasteiger partial charge in [0.05, 0.1) is 12.6 Å². The SMILES string of the molecule is O=C(CCc1nc(-c2ccccc2)no1)N[C@@H]1CCOc2ccccc21. The Hall–Kier alpha value is -3.15. The third-order valence-corrected chi connectivity index (χ3v) is 4.36. The molecule has 4 rings (SSSR count). The number of nitrogens with zero attached hydrogens (tertiary/aromatic N) is 2. The monoisotopic (exact) mass is 349 g/mol. The molecule has 0 aliphatic carbocycles. The van der Waals surface area contributed by atoms with Crippen molar-refractivity contribution < 1.29 is 14.1 Å². The van der Waals surface area contributed by atoms with Crippen molar-refractivity contribution in [1.82, 2.24) is 15.5 Å². The first-order chi connectivity index (χ1) is 12.8. The first kappa shape index (κ1) is 16.3. The molecule has 26 heavy (non-hydrogen) atoms. The zero-order valence-corrected chi connectivity index (χ0v) is 14.2. The second kappa shape index (κ2) is 7.39. The molecule has 1 amide bonds. The van der Waals surface area contributed by atoms with Crippen LogP contribution in [-0.2, 0) is 11.2 Å². The van der Waals surface area contributed by atoms with Gasteiger partial charge in [0.1, 0.15) is 5.75 Å². The number of carbonyl (C=O) groups is 1. The number of benzene rings is 2. The van der Waals surface area contributed by atoms with Crippen molar-refractivity contribution in [2.75, 3.05) is 6.61 Å². The van der Waals surface area contributed by atoms with E-state index in [1.54, 1.807) is 0 Å². The van der Waals surface area contributed by atoms with Gasteiger partial charge in [0.2, 0.25) is 17.6 Å². The lowest BCUT2D eigenvalue weighted by Crippen LogP contribution is -2.32. The Kier molecular flexibility index (Phi) is 4.64. The highest BCUT2D eigenvalue weighted by atomic mass is 16.5. The molecule has 3 aromatic rings. The number of aryl methyl sites for hydroxylation is 1. The van der Waals surface area contributed by atoms with Gasteiger partial charge in [0.15, 0.2) is 0 Å². The normalized spacial score (nSPS) is 15.8. The van der Waals surface area contributed by atoms with Gasteiger partial charge in [0, 0.05) is 30.4 Å². The van der Waals surface area contributed by atoms with Crippen molar-refractivity contribution >= 4 is 5.91 Å². The molecule has 132 valence electrons. The Morgan fingerprint density at radius 1 is 1.12 bits per heavy atom. The summed E-state index contributed by atoms with van der Waals surface area (Å²) >= 11 is 0. The molecule has 0 radical (unpaired) electrons. The number of fused-ring (bicyclic) bond motifs is 1. The van der Waals surface area contributed by atoms with Crippen molar-refractivity contribution in [2.45, 2.75) is 25.3 Å². The number of amides is 1. The van der Waals surface area contributed by atoms with Crippen molar-refractivity contribution in [2.24, 2.45) is 0 Å². The van der Waals surface area contributed by atoms with Crippen LogP contribution < -0.4 is 10.1 Å². The molecule has 0 saturated heterocycles. The highest BCUT2D eigenvalue weighted by Gasteiger charge is 2.22. The second-order valence-corrected chi connectivity index (χ2v) is 6.17. The van der Waals surface area contributed by atoms with Crippen molar-refractivity contribution in [3.8, 4) is 17.1 Å². The molecule has 2 heterocycles. The van der Waals surface area contributed by atoms with Gasteiger partial charge in [-0.25, -0.2) is 0 Å². The van der Waals surface area contributed by atoms with E-state index in [1.807, 2.05) is 54.6 Å². The van der Waals surface area contributed by atoms with Gasteiger partial charge in [-0.3, -0.25) is 4.79 Å². The van der Waals surface area contributed by atoms with Crippen LogP contribution in [0.2, 0.25) is 0 Å². The van der Waals surface area contributed by atoms with E-state index in [-0.39, 0.29) is 11.9 Å². The van der Waals surface area contributed by atoms with Gasteiger partial charge < -0.3 is 14.6 Å². The topological polar surface area (TPSA) is 77.2 Å². The quantitative estimate of drug-likeness (QED) is 0.765. The number of carbonyl (C=O) groups excluding carboxylic acids is 1. The van der Waals surface area contributed by atoms with Gasteiger partial charge in [-0.1, -0.05) is 53.7 Å². The third-order valence-electron chi connectivity index (χ3n) is 4.36. The van der Waals surface area contributed by atoms with E-state index in [2.05, 4.69) is 15.5 Å². The fraction of sp³-hybridized carbons (Fsp3) is 0.250. The van der Waals surface area contributed by atoms with E-state index >= 15 is 0 Å². The summed E-state index contributed by atoms with van der Waals surface area (Å²) in [4.78, 5) is 16.7. The minimum absolute atomic E-state index is 0.0185. The summed E-state index contributed by atoms with van der Waals surface area (Å²) < 4.78 is 10.9. The first-order valence-corrected chi connectivity index (χ1v) is 8.69. The predicted molar refractivity (Wildman–Crippen MR) is 95.5 cm³/mol. The summed E-state index contributed by atoms with van der Waals surface area (Å²) in [6.45, 7) is 0.603. The van der Waals surface area contributed by atoms with Crippen LogP contribution in [0.25, 0.3) is 11.4 Å². The number of para-hydroxylation sites is 1. The standard InChI is InChI=1S/C20H19N3O3/c24-18(21-16-12-13-25-17-9-5-4-8-15(16)17)10-11-19-22-20(23-26-19)14-6-2-1-3-7-14/h1-9,16H,10-13H2,(H,21,24)/t16-/m1/s1. The Balaban J connectivity index is 1.35. The summed E-state index contributed by atoms with van der Waals surface area (Å²) in [7, 11) is 0. The number of hydrogen-bond donors (Lipinski definition) is 1. The molecule has 0 spiro atoms. The zero-order valence-electron chi connectivity index (χ0n) is 14.2. The van der Waals surface area contributed by atoms with Gasteiger partial charge in [0.25, 0.3) is 0 Å². The summed E-state index contributed by atoms with van der Waals surface area (Å²) in [5.74, 6) is 1.81. The smallest absolute Gasteiger partial charge is 0.227 e. The Bertz CT molecular complexity index is 892. The number of aromatic nitrogens is 2. The van der Waals surface area contributed by atoms with Crippen molar-refractivity contribution in [3.63, 3.8) is 0 Å². The third kappa shape index (κ3) is 3.59. The molecule has 0 bridgehead atoms. The molecule has 6 nitrogen and oxygen atoms in total. The molecule has 0 fully saturated rings. The van der Waals surface area contributed by atoms with Crippen LogP contribution in [0.3, 0.4) is 0 Å². The summed E-state index contributed by atoms with van der Waals surface area (Å²) in [5.41, 5.74) is 1.92. The average Bonchev–Trinajstić information content (AvgIpc) is 3.17. The van der Waals surface area contributed by atoms with E-state index in [0.29, 0.717) is 31.2 Å². The number of ether oxygens (including phenoxy) is 1. The number of nitrogens with one attached hydrogen (secondary N) is 1. The molecule has 1 atom stereocenters. The number of hydrogen-bond acceptors (Lipinski definition) is 5. The van der Waals surface area contributed by atoms with Crippen LogP contribution in [0, 0.1) is 0 Å². The second-order valence-electron chi connectivity index (χ2n) is 6.17. The molecule has 1 aliphatic rings. The zero-order chi connectivity index (χ0) is 17.8. The maximum Gasteiger partial charge on any atom is 0.227 e. The van der Waals surface area contributed by atoms with E-state index < -0.39 is 0 Å². The molecule has 6 heteroatoms. The van der Waals surface area contributed by atoms with Gasteiger partial charge in [-0.2, -0.15) is 4.98 Å². The lowest BCUT2D eigenvalue weighted by Gasteiger charge is -2.26. The van der Waals surface area contributed by atoms with Crippen molar-refractivity contribution in [3.05, 3.63) is 66.1 Å². The van der Waals surface area contributed by atoms with E-state index in [4.69, 9.17) is 9.26 Å². The first-order valence-electron chi connectivity index (χ1n) is 8.69. The van der Waals surface area contributed by atoms with Crippen LogP contribution in [0.4, 0.5) is 0 Å². The van der Waals surface area contributed by atoms with E-state index in [9.17, 15) is 4.79 Å². The van der Waals surface area contributed by atoms with Crippen LogP contribution in [0.5, 0.6) is 5.75 Å². The maximum absolute atomic E-state index is 12.3. The average molecular weight is 349 g/mol. The van der Waals surface area contributed by atoms with Crippen molar-refractivity contribution in [1.29, 1.82) is 0 Å². The molecule has 1 N–H and O–H groups in total. The molecule has 1 aliphatic heterocycles. The van der Waals surface area contributed by atoms with Crippen LogP contribution in [0.1, 0.15) is 30.3 Å².